The zero-order chi connectivity index (χ0) is 26.3. The van der Waals surface area contributed by atoms with E-state index in [0.29, 0.717) is 16.6 Å². The quantitative estimate of drug-likeness (QED) is 0.299. The summed E-state index contributed by atoms with van der Waals surface area (Å²) in [4.78, 5) is 15.1. The van der Waals surface area contributed by atoms with E-state index in [-0.39, 0.29) is 41.6 Å². The van der Waals surface area contributed by atoms with Crippen LogP contribution in [0.4, 0.5) is 22.0 Å². The molecule has 0 amide bonds. The van der Waals surface area contributed by atoms with Crippen LogP contribution >= 0.6 is 0 Å². The molecule has 6 nitrogen and oxygen atoms in total. The number of carbonyl (C=O) groups is 1. The normalized spacial score (nSPS) is 19.5. The molecule has 194 valence electrons. The number of carboxylic acids is 1. The summed E-state index contributed by atoms with van der Waals surface area (Å²) in [7, 11) is 1.30. The van der Waals surface area contributed by atoms with E-state index in [2.05, 4.69) is 4.98 Å². The highest BCUT2D eigenvalue weighted by molar-refractivity contribution is 5.89. The zero-order valence-corrected chi connectivity index (χ0v) is 19.5. The summed E-state index contributed by atoms with van der Waals surface area (Å²) in [6, 6.07) is 3.79. The summed E-state index contributed by atoms with van der Waals surface area (Å²) in [5.41, 5.74) is 1.19. The van der Waals surface area contributed by atoms with E-state index in [4.69, 9.17) is 9.47 Å². The molecule has 0 saturated carbocycles. The lowest BCUT2D eigenvalue weighted by Crippen LogP contribution is -2.48. The van der Waals surface area contributed by atoms with Gasteiger partial charge in [-0.05, 0) is 55.2 Å². The second-order valence-corrected chi connectivity index (χ2v) is 8.79. The van der Waals surface area contributed by atoms with Crippen LogP contribution in [0.5, 0.6) is 5.75 Å². The molecule has 0 radical (unpaired) electrons. The van der Waals surface area contributed by atoms with Gasteiger partial charge in [0.15, 0.2) is 0 Å². The molecular formula is C25H25F5N2O4. The van der Waals surface area contributed by atoms with Crippen molar-refractivity contribution in [3.05, 3.63) is 64.8 Å². The predicted molar refractivity (Wildman–Crippen MR) is 121 cm³/mol. The van der Waals surface area contributed by atoms with E-state index < -0.39 is 36.9 Å². The fraction of sp³-hybridized carbons (Fsp3) is 0.400. The van der Waals surface area contributed by atoms with E-state index in [9.17, 15) is 23.1 Å². The number of aromatic nitrogens is 1. The number of aryl methyl sites for hydroxylation is 1. The molecule has 1 saturated heterocycles. The average Bonchev–Trinajstić information content (AvgIpc) is 3.32. The largest absolute Gasteiger partial charge is 0.496 e. The van der Waals surface area contributed by atoms with Gasteiger partial charge in [0.1, 0.15) is 12.4 Å². The lowest BCUT2D eigenvalue weighted by Gasteiger charge is -2.44. The topological polar surface area (TPSA) is 74.8 Å². The molecule has 0 bridgehead atoms. The summed E-state index contributed by atoms with van der Waals surface area (Å²) >= 11 is 0. The summed E-state index contributed by atoms with van der Waals surface area (Å²) < 4.78 is 81.4. The van der Waals surface area contributed by atoms with Gasteiger partial charge in [-0.1, -0.05) is 12.1 Å². The Morgan fingerprint density at radius 2 is 1.86 bits per heavy atom. The number of ether oxygens (including phenoxy) is 2. The van der Waals surface area contributed by atoms with Crippen molar-refractivity contribution in [2.45, 2.75) is 44.1 Å². The number of aromatic carboxylic acids is 1. The third kappa shape index (κ3) is 5.03. The number of halogens is 5. The molecule has 2 aromatic carbocycles. The Hall–Kier alpha value is -3.18. The lowest BCUT2D eigenvalue weighted by molar-refractivity contribution is -0.216. The van der Waals surface area contributed by atoms with Crippen molar-refractivity contribution in [3.63, 3.8) is 0 Å². The third-order valence-corrected chi connectivity index (χ3v) is 6.47. The van der Waals surface area contributed by atoms with Crippen LogP contribution in [0, 0.1) is 6.92 Å². The minimum Gasteiger partial charge on any atom is -0.496 e. The van der Waals surface area contributed by atoms with Crippen LogP contribution in [0.3, 0.4) is 0 Å². The standard InChI is InChI=1S/C25H25F5N2O4/c1-14-11-20(35-2)21(18-7-9-31-22(14)18)25(29,30)32-10-8-17(36-13-24(26,27)28)12-19(32)15-3-5-16(6-4-15)23(33)34/h3-7,9,11,17,19,31H,8,10,12-13H2,1-2H3,(H,33,34)/t17-,19+/m1/s1. The Morgan fingerprint density at radius 3 is 2.47 bits per heavy atom. The molecule has 11 heteroatoms. The lowest BCUT2D eigenvalue weighted by atomic mass is 9.90. The first kappa shape index (κ1) is 25.9. The Balaban J connectivity index is 1.76. The number of alkyl halides is 5. The first-order valence-corrected chi connectivity index (χ1v) is 11.2. The van der Waals surface area contributed by atoms with Crippen molar-refractivity contribution in [1.29, 1.82) is 0 Å². The van der Waals surface area contributed by atoms with Crippen molar-refractivity contribution >= 4 is 16.9 Å². The number of aromatic amines is 1. The van der Waals surface area contributed by atoms with Crippen LogP contribution in [0.15, 0.2) is 42.6 Å². The molecule has 4 rings (SSSR count). The number of nitrogens with one attached hydrogen (secondary N) is 1. The first-order valence-electron chi connectivity index (χ1n) is 11.2. The van der Waals surface area contributed by atoms with Gasteiger partial charge in [0.2, 0.25) is 0 Å². The van der Waals surface area contributed by atoms with Crippen molar-refractivity contribution in [2.75, 3.05) is 20.3 Å². The summed E-state index contributed by atoms with van der Waals surface area (Å²) in [5.74, 6) is -1.20. The Kier molecular flexibility index (Phi) is 6.98. The van der Waals surface area contributed by atoms with E-state index in [0.717, 1.165) is 4.90 Å². The molecule has 2 atom stereocenters. The summed E-state index contributed by atoms with van der Waals surface area (Å²) in [5, 5.41) is 9.46. The zero-order valence-electron chi connectivity index (χ0n) is 19.5. The number of likely N-dealkylation sites (tertiary alicyclic amines) is 1. The van der Waals surface area contributed by atoms with E-state index in [1.165, 1.54) is 43.5 Å². The monoisotopic (exact) mass is 512 g/mol. The van der Waals surface area contributed by atoms with Gasteiger partial charge < -0.3 is 19.6 Å². The molecule has 0 spiro atoms. The molecule has 36 heavy (non-hydrogen) atoms. The second-order valence-electron chi connectivity index (χ2n) is 8.79. The number of carboxylic acid groups (broad SMARTS) is 1. The number of hydrogen-bond donors (Lipinski definition) is 2. The highest BCUT2D eigenvalue weighted by atomic mass is 19.4. The smallest absolute Gasteiger partial charge is 0.411 e. The molecular weight excluding hydrogens is 487 g/mol. The fourth-order valence-corrected chi connectivity index (χ4v) is 4.79. The highest BCUT2D eigenvalue weighted by Gasteiger charge is 2.49. The minimum atomic E-state index is -4.55. The number of methoxy groups -OCH3 is 1. The summed E-state index contributed by atoms with van der Waals surface area (Å²) in [6.45, 7) is 0.0257. The van der Waals surface area contributed by atoms with E-state index in [1.807, 2.05) is 0 Å². The van der Waals surface area contributed by atoms with Crippen LogP contribution < -0.4 is 4.74 Å². The van der Waals surface area contributed by atoms with Gasteiger partial charge in [0, 0.05) is 29.7 Å². The number of hydrogen-bond acceptors (Lipinski definition) is 4. The van der Waals surface area contributed by atoms with Gasteiger partial charge in [0.25, 0.3) is 0 Å². The molecule has 1 aliphatic heterocycles. The van der Waals surface area contributed by atoms with Gasteiger partial charge in [-0.3, -0.25) is 0 Å². The number of fused-ring (bicyclic) bond motifs is 1. The Labute approximate surface area is 203 Å². The Morgan fingerprint density at radius 1 is 1.17 bits per heavy atom. The predicted octanol–water partition coefficient (Wildman–Crippen LogP) is 6.02. The maximum Gasteiger partial charge on any atom is 0.411 e. The minimum absolute atomic E-state index is 0.0139. The molecule has 2 N–H and O–H groups in total. The number of nitrogens with zero attached hydrogens (tertiary/aromatic N) is 1. The number of piperidine rings is 1. The average molecular weight is 512 g/mol. The van der Waals surface area contributed by atoms with E-state index in [1.54, 1.807) is 13.1 Å². The third-order valence-electron chi connectivity index (χ3n) is 6.47. The van der Waals surface area contributed by atoms with Crippen molar-refractivity contribution in [2.24, 2.45) is 0 Å². The van der Waals surface area contributed by atoms with Crippen LogP contribution in [0.2, 0.25) is 0 Å². The summed E-state index contributed by atoms with van der Waals surface area (Å²) in [6.07, 6.45) is -4.08. The van der Waals surface area contributed by atoms with Crippen LogP contribution in [-0.2, 0) is 10.8 Å². The van der Waals surface area contributed by atoms with Crippen molar-refractivity contribution in [3.8, 4) is 5.75 Å². The van der Waals surface area contributed by atoms with Gasteiger partial charge >= 0.3 is 18.2 Å². The van der Waals surface area contributed by atoms with Crippen LogP contribution in [0.25, 0.3) is 10.9 Å². The van der Waals surface area contributed by atoms with Crippen LogP contribution in [-0.4, -0.2) is 53.5 Å². The highest BCUT2D eigenvalue weighted by Crippen LogP contribution is 2.49. The number of benzene rings is 2. The number of rotatable bonds is 7. The molecule has 3 aromatic rings. The van der Waals surface area contributed by atoms with Gasteiger partial charge in [-0.25, -0.2) is 9.69 Å². The number of H-pyrrole nitrogens is 1. The van der Waals surface area contributed by atoms with Crippen LogP contribution in [0.1, 0.15) is 45.9 Å². The first-order chi connectivity index (χ1) is 16.9. The molecule has 1 aromatic heterocycles. The maximum atomic E-state index is 16.4. The molecule has 2 heterocycles. The Bertz CT molecular complexity index is 1240. The van der Waals surface area contributed by atoms with Crippen molar-refractivity contribution in [1.82, 2.24) is 9.88 Å². The maximum absolute atomic E-state index is 16.4. The SMILES string of the molecule is COc1cc(C)c2[nH]ccc2c1C(F)(F)N1CC[C@@H](OCC(F)(F)F)C[C@H]1c1ccc(C(=O)O)cc1. The second kappa shape index (κ2) is 9.70. The van der Waals surface area contributed by atoms with Gasteiger partial charge in [-0.15, -0.1) is 0 Å². The molecule has 1 aliphatic rings. The van der Waals surface area contributed by atoms with Gasteiger partial charge in [-0.2, -0.15) is 22.0 Å². The van der Waals surface area contributed by atoms with Gasteiger partial charge in [0.05, 0.1) is 24.3 Å². The fourth-order valence-electron chi connectivity index (χ4n) is 4.79. The molecule has 0 aliphatic carbocycles. The van der Waals surface area contributed by atoms with Crippen molar-refractivity contribution < 1.29 is 41.3 Å². The molecule has 1 fully saturated rings. The molecule has 0 unspecified atom stereocenters. The van der Waals surface area contributed by atoms with E-state index >= 15 is 8.78 Å².